The number of hydrogen-bond donors (Lipinski definition) is 2. The Morgan fingerprint density at radius 3 is 2.42 bits per heavy atom. The minimum Gasteiger partial charge on any atom is -0.342 e. The number of benzene rings is 3. The van der Waals surface area contributed by atoms with Gasteiger partial charge in [0.2, 0.25) is 0 Å². The molecule has 2 N–H and O–H groups in total. The van der Waals surface area contributed by atoms with E-state index in [-0.39, 0.29) is 24.3 Å². The maximum absolute atomic E-state index is 13.5. The second-order valence-corrected chi connectivity index (χ2v) is 10.6. The molecular weight excluding hydrogens is 561 g/mol. The van der Waals surface area contributed by atoms with Gasteiger partial charge in [-0.15, -0.1) is 0 Å². The molecule has 0 spiro atoms. The van der Waals surface area contributed by atoms with Crippen LogP contribution in [0.4, 0.5) is 29.3 Å². The molecule has 1 fully saturated rings. The number of urea groups is 1. The van der Waals surface area contributed by atoms with Crippen LogP contribution in [0.1, 0.15) is 35.4 Å². The van der Waals surface area contributed by atoms with E-state index >= 15 is 0 Å². The van der Waals surface area contributed by atoms with Crippen LogP contribution in [0.25, 0.3) is 11.4 Å². The zero-order chi connectivity index (χ0) is 30.6. The number of anilines is 1. The van der Waals surface area contributed by atoms with Crippen LogP contribution >= 0.6 is 0 Å². The number of nitro groups is 1. The minimum atomic E-state index is -4.40. The largest absolute Gasteiger partial charge is 0.416 e. The highest BCUT2D eigenvalue weighted by atomic mass is 19.4. The maximum atomic E-state index is 13.5. The summed E-state index contributed by atoms with van der Waals surface area (Å²) in [6.07, 6.45) is -3.02. The molecule has 9 nitrogen and oxygen atoms in total. The standard InChI is InChI=1S/C31H31F3N6O3/c1-21-28(37-29(35-21)23-10-12-24(13-11-23)31(32,33)34)20-38-16-14-26(15-17-38)39(30(41)36-25-7-3-2-4-8-25)19-22-6-5-9-27(18-22)40(42)43/h2-13,18,26H,14-17,19-20H2,1H3,(H,35,37)(H,36,41). The van der Waals surface area contributed by atoms with Gasteiger partial charge in [0.15, 0.2) is 0 Å². The van der Waals surface area contributed by atoms with Crippen LogP contribution in [0, 0.1) is 17.0 Å². The molecule has 3 aromatic carbocycles. The van der Waals surface area contributed by atoms with Gasteiger partial charge >= 0.3 is 12.2 Å². The molecule has 0 atom stereocenters. The van der Waals surface area contributed by atoms with Crippen molar-refractivity contribution in [2.24, 2.45) is 0 Å². The first-order valence-electron chi connectivity index (χ1n) is 13.9. The van der Waals surface area contributed by atoms with E-state index < -0.39 is 16.7 Å². The van der Waals surface area contributed by atoms with Gasteiger partial charge in [-0.3, -0.25) is 15.0 Å². The number of carbonyl (C=O) groups is 1. The number of nitrogens with zero attached hydrogens (tertiary/aromatic N) is 4. The monoisotopic (exact) mass is 592 g/mol. The molecule has 2 heterocycles. The van der Waals surface area contributed by atoms with E-state index in [0.717, 1.165) is 23.5 Å². The van der Waals surface area contributed by atoms with Crippen molar-refractivity contribution in [1.82, 2.24) is 19.8 Å². The highest BCUT2D eigenvalue weighted by Gasteiger charge is 2.31. The number of aromatic amines is 1. The second kappa shape index (κ2) is 12.7. The topological polar surface area (TPSA) is 107 Å². The molecule has 5 rings (SSSR count). The Morgan fingerprint density at radius 2 is 1.77 bits per heavy atom. The van der Waals surface area contributed by atoms with Crippen molar-refractivity contribution >= 4 is 17.4 Å². The average molecular weight is 593 g/mol. The lowest BCUT2D eigenvalue weighted by molar-refractivity contribution is -0.384. The predicted molar refractivity (Wildman–Crippen MR) is 156 cm³/mol. The molecule has 1 aliphatic heterocycles. The molecule has 0 aliphatic carbocycles. The number of alkyl halides is 3. The molecule has 12 heteroatoms. The number of nitrogens with one attached hydrogen (secondary N) is 2. The van der Waals surface area contributed by atoms with Crippen LogP contribution < -0.4 is 5.32 Å². The normalized spacial score (nSPS) is 14.4. The molecule has 43 heavy (non-hydrogen) atoms. The van der Waals surface area contributed by atoms with Crippen LogP contribution in [0.2, 0.25) is 0 Å². The summed E-state index contributed by atoms with van der Waals surface area (Å²) in [5.41, 5.74) is 2.81. The first-order valence-corrected chi connectivity index (χ1v) is 13.9. The van der Waals surface area contributed by atoms with Gasteiger partial charge < -0.3 is 15.2 Å². The summed E-state index contributed by atoms with van der Waals surface area (Å²) in [6, 6.07) is 20.0. The molecule has 0 saturated carbocycles. The van der Waals surface area contributed by atoms with Crippen molar-refractivity contribution in [3.63, 3.8) is 0 Å². The third kappa shape index (κ3) is 7.39. The van der Waals surface area contributed by atoms with Gasteiger partial charge in [-0.2, -0.15) is 13.2 Å². The Kier molecular flexibility index (Phi) is 8.76. The SMILES string of the molecule is Cc1[nH]c(-c2ccc(C(F)(F)F)cc2)nc1CN1CCC(N(Cc2cccc([N+](=O)[O-])c2)C(=O)Nc2ccccc2)CC1. The molecule has 224 valence electrons. The lowest BCUT2D eigenvalue weighted by atomic mass is 10.0. The van der Waals surface area contributed by atoms with Crippen molar-refractivity contribution in [2.75, 3.05) is 18.4 Å². The van der Waals surface area contributed by atoms with Gasteiger partial charge in [-0.25, -0.2) is 9.78 Å². The Bertz CT molecular complexity index is 1570. The third-order valence-electron chi connectivity index (χ3n) is 7.60. The number of rotatable bonds is 8. The van der Waals surface area contributed by atoms with E-state index in [1.54, 1.807) is 29.2 Å². The van der Waals surface area contributed by atoms with E-state index in [9.17, 15) is 28.1 Å². The summed E-state index contributed by atoms with van der Waals surface area (Å²) in [7, 11) is 0. The number of H-pyrrole nitrogens is 1. The van der Waals surface area contributed by atoms with Crippen molar-refractivity contribution in [3.8, 4) is 11.4 Å². The number of amides is 2. The lowest BCUT2D eigenvalue weighted by Gasteiger charge is -2.38. The zero-order valence-electron chi connectivity index (χ0n) is 23.5. The minimum absolute atomic E-state index is 0.0271. The Hall–Kier alpha value is -4.71. The zero-order valence-corrected chi connectivity index (χ0v) is 23.5. The van der Waals surface area contributed by atoms with Gasteiger partial charge in [0.25, 0.3) is 5.69 Å². The number of non-ortho nitro benzene ring substituents is 1. The molecule has 1 saturated heterocycles. The van der Waals surface area contributed by atoms with Crippen molar-refractivity contribution in [2.45, 2.75) is 45.1 Å². The second-order valence-electron chi connectivity index (χ2n) is 10.6. The number of halogens is 3. The molecular formula is C31H31F3N6O3. The average Bonchev–Trinajstić information content (AvgIpc) is 3.36. The molecule has 4 aromatic rings. The molecule has 0 radical (unpaired) electrons. The Morgan fingerprint density at radius 1 is 1.07 bits per heavy atom. The summed E-state index contributed by atoms with van der Waals surface area (Å²) in [6.45, 7) is 4.04. The molecule has 0 unspecified atom stereocenters. The molecule has 2 amide bonds. The smallest absolute Gasteiger partial charge is 0.342 e. The van der Waals surface area contributed by atoms with Gasteiger partial charge in [-0.1, -0.05) is 42.5 Å². The number of piperidine rings is 1. The summed E-state index contributed by atoms with van der Waals surface area (Å²) in [5.74, 6) is 0.511. The van der Waals surface area contributed by atoms with E-state index in [1.165, 1.54) is 24.3 Å². The number of para-hydroxylation sites is 1. The molecule has 1 aliphatic rings. The van der Waals surface area contributed by atoms with Crippen LogP contribution in [-0.4, -0.2) is 49.9 Å². The lowest BCUT2D eigenvalue weighted by Crippen LogP contribution is -2.48. The first-order chi connectivity index (χ1) is 20.6. The quantitative estimate of drug-likeness (QED) is 0.169. The van der Waals surface area contributed by atoms with E-state index in [4.69, 9.17) is 0 Å². The Labute approximate surface area is 246 Å². The fraction of sp³-hybridized carbons (Fsp3) is 0.290. The van der Waals surface area contributed by atoms with E-state index in [2.05, 4.69) is 20.2 Å². The highest BCUT2D eigenvalue weighted by Crippen LogP contribution is 2.31. The number of aryl methyl sites for hydroxylation is 1. The van der Waals surface area contributed by atoms with Crippen molar-refractivity contribution < 1.29 is 22.9 Å². The summed E-state index contributed by atoms with van der Waals surface area (Å²) in [4.78, 5) is 36.2. The fourth-order valence-corrected chi connectivity index (χ4v) is 5.25. The van der Waals surface area contributed by atoms with Crippen LogP contribution in [0.5, 0.6) is 0 Å². The third-order valence-corrected chi connectivity index (χ3v) is 7.60. The number of aromatic nitrogens is 2. The van der Waals surface area contributed by atoms with Crippen LogP contribution in [0.3, 0.4) is 0 Å². The number of nitro benzene ring substituents is 1. The van der Waals surface area contributed by atoms with Gasteiger partial charge in [0.05, 0.1) is 16.2 Å². The Balaban J connectivity index is 1.26. The van der Waals surface area contributed by atoms with Crippen molar-refractivity contribution in [1.29, 1.82) is 0 Å². The number of carbonyl (C=O) groups excluding carboxylic acids is 1. The number of imidazole rings is 1. The summed E-state index contributed by atoms with van der Waals surface area (Å²) in [5, 5.41) is 14.3. The summed E-state index contributed by atoms with van der Waals surface area (Å²) >= 11 is 0. The van der Waals surface area contributed by atoms with Gasteiger partial charge in [0.1, 0.15) is 5.82 Å². The molecule has 1 aromatic heterocycles. The van der Waals surface area contributed by atoms with Crippen LogP contribution in [-0.2, 0) is 19.3 Å². The van der Waals surface area contributed by atoms with Crippen molar-refractivity contribution in [3.05, 3.63) is 111 Å². The van der Waals surface area contributed by atoms with E-state index in [0.29, 0.717) is 55.1 Å². The van der Waals surface area contributed by atoms with Crippen LogP contribution in [0.15, 0.2) is 78.9 Å². The molecule has 0 bridgehead atoms. The fourth-order valence-electron chi connectivity index (χ4n) is 5.25. The predicted octanol–water partition coefficient (Wildman–Crippen LogP) is 7.01. The maximum Gasteiger partial charge on any atom is 0.416 e. The first kappa shape index (κ1) is 29.8. The number of hydrogen-bond acceptors (Lipinski definition) is 5. The highest BCUT2D eigenvalue weighted by molar-refractivity contribution is 5.89. The van der Waals surface area contributed by atoms with E-state index in [1.807, 2.05) is 25.1 Å². The number of likely N-dealkylation sites (tertiary alicyclic amines) is 1. The van der Waals surface area contributed by atoms with Gasteiger partial charge in [0, 0.05) is 61.3 Å². The van der Waals surface area contributed by atoms with Gasteiger partial charge in [-0.05, 0) is 49.6 Å². The summed E-state index contributed by atoms with van der Waals surface area (Å²) < 4.78 is 38.8.